The molecular formula is C6H7N3S. The molecule has 4 heteroatoms. The van der Waals surface area contributed by atoms with Gasteiger partial charge in [0.25, 0.3) is 0 Å². The smallest absolute Gasteiger partial charge is 0.174 e. The zero-order chi connectivity index (χ0) is 7.40. The standard InChI is InChI=1S/C6H7N3S/c7-3-1-2-5-4-8-6(10)9-5/h4H,1-2H2,(H2,8,9,10). The first kappa shape index (κ1) is 7.03. The summed E-state index contributed by atoms with van der Waals surface area (Å²) in [6.07, 6.45) is 3.06. The van der Waals surface area contributed by atoms with E-state index in [1.54, 1.807) is 6.20 Å². The molecule has 10 heavy (non-hydrogen) atoms. The van der Waals surface area contributed by atoms with Crippen LogP contribution in [0.5, 0.6) is 0 Å². The minimum atomic E-state index is 0.531. The first-order chi connectivity index (χ1) is 4.83. The van der Waals surface area contributed by atoms with Crippen LogP contribution < -0.4 is 0 Å². The molecule has 52 valence electrons. The Morgan fingerprint density at radius 2 is 2.50 bits per heavy atom. The van der Waals surface area contributed by atoms with Crippen molar-refractivity contribution in [2.45, 2.75) is 12.8 Å². The van der Waals surface area contributed by atoms with Gasteiger partial charge in [-0.1, -0.05) is 0 Å². The first-order valence-corrected chi connectivity index (χ1v) is 3.37. The Kier molecular flexibility index (Phi) is 2.24. The third-order valence-electron chi connectivity index (χ3n) is 1.16. The van der Waals surface area contributed by atoms with E-state index >= 15 is 0 Å². The van der Waals surface area contributed by atoms with Gasteiger partial charge in [-0.05, 0) is 12.2 Å². The maximum absolute atomic E-state index is 8.23. The summed E-state index contributed by atoms with van der Waals surface area (Å²) in [7, 11) is 0. The highest BCUT2D eigenvalue weighted by atomic mass is 32.1. The van der Waals surface area contributed by atoms with Crippen LogP contribution in [-0.4, -0.2) is 9.97 Å². The van der Waals surface area contributed by atoms with Crippen molar-refractivity contribution in [3.8, 4) is 6.07 Å². The quantitative estimate of drug-likeness (QED) is 0.633. The summed E-state index contributed by atoms with van der Waals surface area (Å²) in [4.78, 5) is 5.75. The van der Waals surface area contributed by atoms with Crippen molar-refractivity contribution in [3.05, 3.63) is 16.7 Å². The number of imidazole rings is 1. The summed E-state index contributed by atoms with van der Waals surface area (Å²) < 4.78 is 0.618. The molecule has 3 nitrogen and oxygen atoms in total. The molecule has 2 N–H and O–H groups in total. The largest absolute Gasteiger partial charge is 0.337 e. The predicted molar refractivity (Wildman–Crippen MR) is 39.9 cm³/mol. The summed E-state index contributed by atoms with van der Waals surface area (Å²) in [5.74, 6) is 0. The number of nitrogens with one attached hydrogen (secondary N) is 2. The molecular weight excluding hydrogens is 146 g/mol. The van der Waals surface area contributed by atoms with E-state index in [9.17, 15) is 0 Å². The Hall–Kier alpha value is -1.08. The first-order valence-electron chi connectivity index (χ1n) is 2.96. The lowest BCUT2D eigenvalue weighted by Gasteiger charge is -1.85. The molecule has 0 aliphatic rings. The second-order valence-corrected chi connectivity index (χ2v) is 2.33. The highest BCUT2D eigenvalue weighted by molar-refractivity contribution is 7.71. The highest BCUT2D eigenvalue weighted by Gasteiger charge is 1.91. The molecule has 0 aliphatic heterocycles. The van der Waals surface area contributed by atoms with Crippen molar-refractivity contribution in [3.63, 3.8) is 0 Å². The van der Waals surface area contributed by atoms with Gasteiger partial charge in [0, 0.05) is 24.7 Å². The lowest BCUT2D eigenvalue weighted by molar-refractivity contribution is 0.965. The molecule has 0 saturated heterocycles. The lowest BCUT2D eigenvalue weighted by Crippen LogP contribution is -1.81. The molecule has 0 unspecified atom stereocenters. The molecule has 0 atom stereocenters. The van der Waals surface area contributed by atoms with Gasteiger partial charge >= 0.3 is 0 Å². The van der Waals surface area contributed by atoms with Crippen LogP contribution in [0.25, 0.3) is 0 Å². The number of aryl methyl sites for hydroxylation is 1. The number of aromatic amines is 2. The zero-order valence-corrected chi connectivity index (χ0v) is 6.16. The zero-order valence-electron chi connectivity index (χ0n) is 5.35. The fourth-order valence-corrected chi connectivity index (χ4v) is 0.886. The van der Waals surface area contributed by atoms with Crippen LogP contribution in [0.1, 0.15) is 12.1 Å². The number of nitrogens with zero attached hydrogens (tertiary/aromatic N) is 1. The molecule has 0 aromatic carbocycles. The third-order valence-corrected chi connectivity index (χ3v) is 1.38. The minimum absolute atomic E-state index is 0.531. The molecule has 1 heterocycles. The van der Waals surface area contributed by atoms with Crippen molar-refractivity contribution in [1.82, 2.24) is 9.97 Å². The third kappa shape index (κ3) is 1.71. The number of hydrogen-bond donors (Lipinski definition) is 2. The van der Waals surface area contributed by atoms with Gasteiger partial charge in [0.15, 0.2) is 4.77 Å². The van der Waals surface area contributed by atoms with Gasteiger partial charge in [0.1, 0.15) is 0 Å². The molecule has 1 aromatic rings. The maximum atomic E-state index is 8.23. The van der Waals surface area contributed by atoms with Crippen molar-refractivity contribution in [2.75, 3.05) is 0 Å². The van der Waals surface area contributed by atoms with E-state index in [1.807, 2.05) is 0 Å². The Morgan fingerprint density at radius 1 is 1.70 bits per heavy atom. The molecule has 0 saturated carbocycles. The lowest BCUT2D eigenvalue weighted by atomic mass is 10.3. The average molecular weight is 153 g/mol. The van der Waals surface area contributed by atoms with Gasteiger partial charge in [0.2, 0.25) is 0 Å². The summed E-state index contributed by atoms with van der Waals surface area (Å²) in [6, 6.07) is 2.06. The van der Waals surface area contributed by atoms with Crippen molar-refractivity contribution >= 4 is 12.2 Å². The van der Waals surface area contributed by atoms with Gasteiger partial charge in [-0.2, -0.15) is 5.26 Å². The van der Waals surface area contributed by atoms with Gasteiger partial charge in [-0.25, -0.2) is 0 Å². The van der Waals surface area contributed by atoms with E-state index < -0.39 is 0 Å². The van der Waals surface area contributed by atoms with E-state index in [2.05, 4.69) is 16.0 Å². The SMILES string of the molecule is N#CCCc1c[nH]c(=S)[nH]1. The predicted octanol–water partition coefficient (Wildman–Crippen LogP) is 1.53. The summed E-state index contributed by atoms with van der Waals surface area (Å²) in [6.45, 7) is 0. The van der Waals surface area contributed by atoms with Crippen LogP contribution in [0.4, 0.5) is 0 Å². The van der Waals surface area contributed by atoms with Crippen LogP contribution in [0.3, 0.4) is 0 Å². The number of aromatic nitrogens is 2. The van der Waals surface area contributed by atoms with Crippen LogP contribution in [-0.2, 0) is 6.42 Å². The van der Waals surface area contributed by atoms with Crippen molar-refractivity contribution in [2.24, 2.45) is 0 Å². The monoisotopic (exact) mass is 153 g/mol. The Bertz CT molecular complexity index is 290. The van der Waals surface area contributed by atoms with E-state index in [1.165, 1.54) is 0 Å². The summed E-state index contributed by atoms with van der Waals surface area (Å²) >= 11 is 4.79. The second kappa shape index (κ2) is 3.18. The van der Waals surface area contributed by atoms with Crippen molar-refractivity contribution in [1.29, 1.82) is 5.26 Å². The maximum Gasteiger partial charge on any atom is 0.174 e. The Labute approximate surface area is 63.7 Å². The van der Waals surface area contributed by atoms with Gasteiger partial charge < -0.3 is 9.97 Å². The summed E-state index contributed by atoms with van der Waals surface area (Å²) in [5.41, 5.74) is 0.992. The number of rotatable bonds is 2. The second-order valence-electron chi connectivity index (χ2n) is 1.93. The van der Waals surface area contributed by atoms with E-state index in [0.29, 0.717) is 11.2 Å². The molecule has 1 rings (SSSR count). The van der Waals surface area contributed by atoms with E-state index in [-0.39, 0.29) is 0 Å². The molecule has 0 radical (unpaired) electrons. The number of H-pyrrole nitrogens is 2. The van der Waals surface area contributed by atoms with Crippen LogP contribution >= 0.6 is 12.2 Å². The fraction of sp³-hybridized carbons (Fsp3) is 0.333. The molecule has 0 bridgehead atoms. The van der Waals surface area contributed by atoms with Gasteiger partial charge in [-0.15, -0.1) is 0 Å². The van der Waals surface area contributed by atoms with E-state index in [0.717, 1.165) is 12.1 Å². The Balaban J connectivity index is 2.61. The van der Waals surface area contributed by atoms with Crippen LogP contribution in [0, 0.1) is 16.1 Å². The molecule has 0 aliphatic carbocycles. The van der Waals surface area contributed by atoms with Crippen LogP contribution in [0.15, 0.2) is 6.20 Å². The average Bonchev–Trinajstić information content (AvgIpc) is 2.31. The summed E-state index contributed by atoms with van der Waals surface area (Å²) in [5, 5.41) is 8.23. The van der Waals surface area contributed by atoms with E-state index in [4.69, 9.17) is 17.5 Å². The normalized spacial score (nSPS) is 9.10. The minimum Gasteiger partial charge on any atom is -0.337 e. The molecule has 1 aromatic heterocycles. The molecule has 0 spiro atoms. The number of hydrogen-bond acceptors (Lipinski definition) is 2. The topological polar surface area (TPSA) is 55.4 Å². The highest BCUT2D eigenvalue weighted by Crippen LogP contribution is 1.96. The van der Waals surface area contributed by atoms with Gasteiger partial charge in [0.05, 0.1) is 6.07 Å². The molecule has 0 fully saturated rings. The molecule has 0 amide bonds. The Morgan fingerprint density at radius 3 is 3.00 bits per heavy atom. The van der Waals surface area contributed by atoms with Crippen molar-refractivity contribution < 1.29 is 0 Å². The van der Waals surface area contributed by atoms with Gasteiger partial charge in [-0.3, -0.25) is 0 Å². The number of nitriles is 1. The fourth-order valence-electron chi connectivity index (χ4n) is 0.696. The van der Waals surface area contributed by atoms with Crippen LogP contribution in [0.2, 0.25) is 0 Å².